The molecule has 2 rings (SSSR count). The summed E-state index contributed by atoms with van der Waals surface area (Å²) in [6.07, 6.45) is 0. The number of nitrogens with zero attached hydrogens (tertiary/aromatic N) is 2. The highest BCUT2D eigenvalue weighted by atomic mass is 31.0. The van der Waals surface area contributed by atoms with Crippen molar-refractivity contribution in [1.29, 1.82) is 5.26 Å². The molecule has 0 fully saturated rings. The fourth-order valence-corrected chi connectivity index (χ4v) is 1.91. The minimum atomic E-state index is 0.445. The standard InChI is InChI=1S/C13H12BN2OP/c14-12-2-1-3-13(16-12)17-8-10-5-4-9(7-15)6-11(10)18/h1-6H,8,14,18H2. The van der Waals surface area contributed by atoms with Gasteiger partial charge in [-0.3, -0.25) is 0 Å². The van der Waals surface area contributed by atoms with E-state index in [1.54, 1.807) is 6.07 Å². The monoisotopic (exact) mass is 254 g/mol. The summed E-state index contributed by atoms with van der Waals surface area (Å²) in [5.41, 5.74) is 2.61. The lowest BCUT2D eigenvalue weighted by Crippen LogP contribution is -2.11. The van der Waals surface area contributed by atoms with Crippen LogP contribution in [0.1, 0.15) is 11.1 Å². The van der Waals surface area contributed by atoms with Crippen LogP contribution in [0.4, 0.5) is 0 Å². The third-order valence-corrected chi connectivity index (χ3v) is 3.05. The van der Waals surface area contributed by atoms with Crippen LogP contribution in [0.15, 0.2) is 36.4 Å². The summed E-state index contributed by atoms with van der Waals surface area (Å²) in [4.78, 5) is 4.27. The molecule has 5 heteroatoms. The number of rotatable bonds is 3. The number of nitriles is 1. The first kappa shape index (κ1) is 12.6. The molecule has 1 unspecified atom stereocenters. The highest BCUT2D eigenvalue weighted by Crippen LogP contribution is 2.09. The normalized spacial score (nSPS) is 9.78. The van der Waals surface area contributed by atoms with Crippen molar-refractivity contribution in [2.75, 3.05) is 0 Å². The van der Waals surface area contributed by atoms with E-state index in [0.29, 0.717) is 18.1 Å². The molecule has 0 saturated heterocycles. The van der Waals surface area contributed by atoms with Crippen molar-refractivity contribution in [3.63, 3.8) is 0 Å². The fraction of sp³-hybridized carbons (Fsp3) is 0.0769. The second-order valence-corrected chi connectivity index (χ2v) is 4.55. The van der Waals surface area contributed by atoms with E-state index in [4.69, 9.17) is 10.00 Å². The SMILES string of the molecule is Bc1cccc(OCc2ccc(C#N)cc2P)n1. The number of hydrogen-bond donors (Lipinski definition) is 0. The molecule has 1 heterocycles. The minimum Gasteiger partial charge on any atom is -0.473 e. The van der Waals surface area contributed by atoms with Crippen molar-refractivity contribution in [3.05, 3.63) is 47.5 Å². The molecule has 0 N–H and O–H groups in total. The van der Waals surface area contributed by atoms with Gasteiger partial charge >= 0.3 is 0 Å². The Morgan fingerprint density at radius 3 is 2.83 bits per heavy atom. The van der Waals surface area contributed by atoms with Gasteiger partial charge in [-0.15, -0.1) is 9.24 Å². The van der Waals surface area contributed by atoms with Crippen molar-refractivity contribution < 1.29 is 4.74 Å². The topological polar surface area (TPSA) is 45.9 Å². The lowest BCUT2D eigenvalue weighted by atomic mass is 10.0. The molecule has 1 aromatic heterocycles. The fourth-order valence-electron chi connectivity index (χ4n) is 1.55. The van der Waals surface area contributed by atoms with Gasteiger partial charge in [0.2, 0.25) is 5.88 Å². The van der Waals surface area contributed by atoms with Crippen LogP contribution in [0.2, 0.25) is 0 Å². The first-order valence-corrected chi connectivity index (χ1v) is 6.12. The number of benzene rings is 1. The molecule has 0 bridgehead atoms. The molecule has 0 aliphatic heterocycles. The Bertz CT molecular complexity index is 610. The second kappa shape index (κ2) is 5.66. The Balaban J connectivity index is 2.09. The van der Waals surface area contributed by atoms with Crippen LogP contribution in [0, 0.1) is 11.3 Å². The van der Waals surface area contributed by atoms with Crippen molar-refractivity contribution in [2.45, 2.75) is 6.61 Å². The van der Waals surface area contributed by atoms with Gasteiger partial charge in [-0.25, -0.2) is 4.98 Å². The summed E-state index contributed by atoms with van der Waals surface area (Å²) in [6, 6.07) is 13.3. The molecule has 0 aliphatic rings. The zero-order valence-corrected chi connectivity index (χ0v) is 11.2. The van der Waals surface area contributed by atoms with Crippen LogP contribution in [-0.4, -0.2) is 12.8 Å². The van der Waals surface area contributed by atoms with Gasteiger partial charge in [-0.2, -0.15) is 5.26 Å². The highest BCUT2D eigenvalue weighted by molar-refractivity contribution is 7.27. The molecule has 1 aromatic carbocycles. The molecule has 0 saturated carbocycles. The summed E-state index contributed by atoms with van der Waals surface area (Å²) >= 11 is 0. The lowest BCUT2D eigenvalue weighted by molar-refractivity contribution is 0.295. The third kappa shape index (κ3) is 3.09. The Labute approximate surface area is 109 Å². The van der Waals surface area contributed by atoms with Crippen LogP contribution in [0.5, 0.6) is 5.88 Å². The largest absolute Gasteiger partial charge is 0.473 e. The summed E-state index contributed by atoms with van der Waals surface area (Å²) in [5.74, 6) is 0.615. The average molecular weight is 254 g/mol. The van der Waals surface area contributed by atoms with E-state index in [2.05, 4.69) is 20.3 Å². The zero-order valence-electron chi connectivity index (χ0n) is 10.1. The smallest absolute Gasteiger partial charge is 0.212 e. The maximum absolute atomic E-state index is 8.79. The maximum Gasteiger partial charge on any atom is 0.212 e. The Morgan fingerprint density at radius 2 is 2.17 bits per heavy atom. The van der Waals surface area contributed by atoms with Crippen LogP contribution in [0.3, 0.4) is 0 Å². The van der Waals surface area contributed by atoms with Crippen LogP contribution in [0.25, 0.3) is 0 Å². The summed E-state index contributed by atoms with van der Waals surface area (Å²) in [7, 11) is 4.55. The molecule has 88 valence electrons. The van der Waals surface area contributed by atoms with Gasteiger partial charge in [0.05, 0.1) is 11.6 Å². The molecule has 0 spiro atoms. The van der Waals surface area contributed by atoms with Gasteiger partial charge in [0, 0.05) is 6.07 Å². The van der Waals surface area contributed by atoms with Gasteiger partial charge in [-0.05, 0) is 28.6 Å². The van der Waals surface area contributed by atoms with E-state index in [9.17, 15) is 0 Å². The second-order valence-electron chi connectivity index (χ2n) is 3.93. The molecule has 3 nitrogen and oxygen atoms in total. The minimum absolute atomic E-state index is 0.445. The number of hydrogen-bond acceptors (Lipinski definition) is 3. The molecule has 1 atom stereocenters. The summed E-state index contributed by atoms with van der Waals surface area (Å²) in [6.45, 7) is 0.445. The Morgan fingerprint density at radius 1 is 1.33 bits per heavy atom. The van der Waals surface area contributed by atoms with Crippen LogP contribution >= 0.6 is 9.24 Å². The van der Waals surface area contributed by atoms with E-state index >= 15 is 0 Å². The van der Waals surface area contributed by atoms with Crippen molar-refractivity contribution in [3.8, 4) is 11.9 Å². The van der Waals surface area contributed by atoms with Gasteiger partial charge in [0.1, 0.15) is 6.61 Å². The Kier molecular flexibility index (Phi) is 3.97. The van der Waals surface area contributed by atoms with E-state index < -0.39 is 0 Å². The van der Waals surface area contributed by atoms with Crippen molar-refractivity contribution in [2.24, 2.45) is 0 Å². The van der Waals surface area contributed by atoms with E-state index in [0.717, 1.165) is 16.5 Å². The summed E-state index contributed by atoms with van der Waals surface area (Å²) in [5, 5.41) is 9.76. The van der Waals surface area contributed by atoms with Gasteiger partial charge in [-0.1, -0.05) is 18.2 Å². The maximum atomic E-state index is 8.79. The van der Waals surface area contributed by atoms with Crippen LogP contribution < -0.4 is 15.6 Å². The van der Waals surface area contributed by atoms with E-state index in [1.807, 2.05) is 38.2 Å². The van der Waals surface area contributed by atoms with Gasteiger partial charge in [0.15, 0.2) is 7.85 Å². The molecule has 0 radical (unpaired) electrons. The summed E-state index contributed by atoms with van der Waals surface area (Å²) < 4.78 is 5.62. The molecule has 0 aliphatic carbocycles. The van der Waals surface area contributed by atoms with Crippen LogP contribution in [-0.2, 0) is 6.61 Å². The first-order chi connectivity index (χ1) is 8.69. The Hall–Kier alpha value is -1.85. The third-order valence-electron chi connectivity index (χ3n) is 2.51. The average Bonchev–Trinajstić information content (AvgIpc) is 2.37. The number of ether oxygens (including phenoxy) is 1. The van der Waals surface area contributed by atoms with Crippen molar-refractivity contribution >= 4 is 28.0 Å². The predicted molar refractivity (Wildman–Crippen MR) is 77.2 cm³/mol. The predicted octanol–water partition coefficient (Wildman–Crippen LogP) is 0.291. The quantitative estimate of drug-likeness (QED) is 0.584. The van der Waals surface area contributed by atoms with E-state index in [-0.39, 0.29) is 0 Å². The lowest BCUT2D eigenvalue weighted by Gasteiger charge is -2.08. The van der Waals surface area contributed by atoms with Crippen molar-refractivity contribution in [1.82, 2.24) is 4.98 Å². The molecule has 0 amide bonds. The molecule has 2 aromatic rings. The van der Waals surface area contributed by atoms with Gasteiger partial charge < -0.3 is 4.74 Å². The number of aromatic nitrogens is 1. The van der Waals surface area contributed by atoms with E-state index in [1.165, 1.54) is 0 Å². The molecular formula is C13H12BN2OP. The molecular weight excluding hydrogens is 242 g/mol. The number of pyridine rings is 1. The zero-order chi connectivity index (χ0) is 13.0. The first-order valence-electron chi connectivity index (χ1n) is 5.54. The highest BCUT2D eigenvalue weighted by Gasteiger charge is 2.02. The van der Waals surface area contributed by atoms with Gasteiger partial charge in [0.25, 0.3) is 0 Å². The molecule has 18 heavy (non-hydrogen) atoms.